The molecule has 0 aromatic heterocycles. The lowest BCUT2D eigenvalue weighted by atomic mass is 10.1. The van der Waals surface area contributed by atoms with E-state index in [9.17, 15) is 19.4 Å². The average Bonchev–Trinajstić information content (AvgIpc) is 3.29. The molecule has 0 aromatic carbocycles. The van der Waals surface area contributed by atoms with Crippen LogP contribution in [0.3, 0.4) is 0 Å². The van der Waals surface area contributed by atoms with Gasteiger partial charge in [-0.1, -0.05) is 195 Å². The Bertz CT molecular complexity index is 1320. The predicted octanol–water partition coefficient (Wildman–Crippen LogP) is 14.8. The van der Waals surface area contributed by atoms with Gasteiger partial charge in [0, 0.05) is 13.0 Å². The van der Waals surface area contributed by atoms with E-state index in [0.29, 0.717) is 13.0 Å². The molecule has 3 atom stereocenters. The van der Waals surface area contributed by atoms with E-state index in [1.54, 1.807) is 0 Å². The number of aliphatic hydroxyl groups excluding tert-OH is 2. The van der Waals surface area contributed by atoms with Crippen molar-refractivity contribution in [2.75, 3.05) is 33.0 Å². The van der Waals surface area contributed by atoms with Gasteiger partial charge >= 0.3 is 13.8 Å². The molecule has 0 aliphatic heterocycles. The van der Waals surface area contributed by atoms with Gasteiger partial charge in [-0.15, -0.1) is 0 Å². The first-order valence-electron chi connectivity index (χ1n) is 25.2. The number of phosphoric ester groups is 1. The van der Waals surface area contributed by atoms with Crippen LogP contribution in [0, 0.1) is 0 Å². The molecule has 0 aliphatic rings. The number of aliphatic hydroxyl groups is 2. The monoisotopic (exact) mass is 917 g/mol. The van der Waals surface area contributed by atoms with E-state index in [2.05, 4.69) is 111 Å². The second-order valence-electron chi connectivity index (χ2n) is 16.4. The Morgan fingerprint density at radius 2 is 0.844 bits per heavy atom. The normalized spacial score (nSPS) is 14.6. The Balaban J connectivity index is 4.12. The van der Waals surface area contributed by atoms with Crippen molar-refractivity contribution in [1.29, 1.82) is 0 Å². The predicted molar refractivity (Wildman–Crippen MR) is 269 cm³/mol. The number of carbonyl (C=O) groups is 1. The minimum Gasteiger partial charge on any atom is -0.457 e. The Morgan fingerprint density at radius 3 is 1.27 bits per heavy atom. The van der Waals surface area contributed by atoms with Crippen LogP contribution in [0.25, 0.3) is 0 Å². The number of esters is 1. The van der Waals surface area contributed by atoms with Crippen LogP contribution in [0.2, 0.25) is 0 Å². The van der Waals surface area contributed by atoms with Crippen molar-refractivity contribution in [3.63, 3.8) is 0 Å². The van der Waals surface area contributed by atoms with E-state index >= 15 is 0 Å². The number of unbranched alkanes of at least 4 members (excludes halogenated alkanes) is 17. The van der Waals surface area contributed by atoms with Gasteiger partial charge in [0.1, 0.15) is 12.2 Å². The molecule has 3 unspecified atom stereocenters. The number of rotatable bonds is 47. The quantitative estimate of drug-likeness (QED) is 0.0236. The number of ether oxygens (including phenoxy) is 2. The van der Waals surface area contributed by atoms with Crippen molar-refractivity contribution in [3.05, 3.63) is 97.2 Å². The van der Waals surface area contributed by atoms with E-state index < -0.39 is 39.2 Å². The third-order valence-electron chi connectivity index (χ3n) is 10.3. The molecule has 9 nitrogen and oxygen atoms in total. The molecule has 0 rings (SSSR count). The SMILES string of the molecule is CC/C=C\C/C=C\C/C=C\C/C=C\CCCCCCCCCCCCCOCC(COP(=O)(O)OCC(O)CO)OC(=O)CCCCCCCC/C=C\C/C=C\C/C=C\C/C=C\CC. The van der Waals surface area contributed by atoms with Crippen molar-refractivity contribution in [2.24, 2.45) is 0 Å². The van der Waals surface area contributed by atoms with Crippen LogP contribution in [-0.2, 0) is 27.9 Å². The summed E-state index contributed by atoms with van der Waals surface area (Å²) in [7, 11) is -4.54. The molecule has 368 valence electrons. The van der Waals surface area contributed by atoms with Crippen molar-refractivity contribution < 1.29 is 43.0 Å². The van der Waals surface area contributed by atoms with Crippen molar-refractivity contribution in [2.45, 2.75) is 206 Å². The van der Waals surface area contributed by atoms with Gasteiger partial charge in [-0.2, -0.15) is 0 Å². The van der Waals surface area contributed by atoms with Crippen molar-refractivity contribution in [3.8, 4) is 0 Å². The summed E-state index contributed by atoms with van der Waals surface area (Å²) in [6.45, 7) is 3.26. The minimum absolute atomic E-state index is 0.0354. The lowest BCUT2D eigenvalue weighted by molar-refractivity contribution is -0.154. The fourth-order valence-electron chi connectivity index (χ4n) is 6.51. The highest BCUT2D eigenvalue weighted by molar-refractivity contribution is 7.47. The maximum atomic E-state index is 12.7. The molecule has 0 saturated carbocycles. The Hall–Kier alpha value is -2.62. The van der Waals surface area contributed by atoms with E-state index in [1.807, 2.05) is 0 Å². The second kappa shape index (κ2) is 49.8. The number of hydrogen-bond donors (Lipinski definition) is 3. The largest absolute Gasteiger partial charge is 0.472 e. The summed E-state index contributed by atoms with van der Waals surface area (Å²) in [5, 5.41) is 18.4. The molecule has 0 aromatic rings. The maximum Gasteiger partial charge on any atom is 0.472 e. The van der Waals surface area contributed by atoms with Gasteiger partial charge in [0.15, 0.2) is 0 Å². The standard InChI is InChI=1S/C54H93O9P/c1-3-5-7-9-11-13-15-17-19-21-23-24-25-26-27-29-31-33-35-37-39-41-43-45-47-60-50-53(51-62-64(58,59)61-49-52(56)48-55)63-54(57)46-44-42-40-38-36-34-32-30-28-22-20-18-16-14-12-10-8-6-4-2/h5-8,11-14,17-20,23-24,28,30,52-53,55-56H,3-4,9-10,15-16,21-22,25-27,29,31-51H2,1-2H3,(H,58,59)/b7-5-,8-6-,13-11-,14-12-,19-17-,20-18-,24-23-,30-28-. The van der Waals surface area contributed by atoms with Crippen LogP contribution in [-0.4, -0.2) is 66.3 Å². The molecular weight excluding hydrogens is 824 g/mol. The first-order valence-corrected chi connectivity index (χ1v) is 26.7. The van der Waals surface area contributed by atoms with Crippen LogP contribution in [0.15, 0.2) is 97.2 Å². The summed E-state index contributed by atoms with van der Waals surface area (Å²) in [5.41, 5.74) is 0. The van der Waals surface area contributed by atoms with Gasteiger partial charge in [0.25, 0.3) is 0 Å². The maximum absolute atomic E-state index is 12.7. The van der Waals surface area contributed by atoms with Crippen LogP contribution < -0.4 is 0 Å². The van der Waals surface area contributed by atoms with Gasteiger partial charge in [0.2, 0.25) is 0 Å². The molecule has 0 radical (unpaired) electrons. The zero-order valence-electron chi connectivity index (χ0n) is 40.5. The molecule has 0 aliphatic carbocycles. The topological polar surface area (TPSA) is 132 Å². The highest BCUT2D eigenvalue weighted by atomic mass is 31.2. The van der Waals surface area contributed by atoms with Crippen molar-refractivity contribution >= 4 is 13.8 Å². The molecule has 0 spiro atoms. The van der Waals surface area contributed by atoms with Gasteiger partial charge in [-0.05, 0) is 89.9 Å². The van der Waals surface area contributed by atoms with Crippen LogP contribution in [0.1, 0.15) is 194 Å². The molecule has 0 fully saturated rings. The van der Waals surface area contributed by atoms with Crippen LogP contribution >= 0.6 is 7.82 Å². The van der Waals surface area contributed by atoms with E-state index in [-0.39, 0.29) is 19.6 Å². The van der Waals surface area contributed by atoms with Gasteiger partial charge in [-0.25, -0.2) is 4.57 Å². The van der Waals surface area contributed by atoms with E-state index in [1.165, 1.54) is 57.8 Å². The number of hydrogen-bond acceptors (Lipinski definition) is 8. The molecule has 3 N–H and O–H groups in total. The second-order valence-corrected chi connectivity index (χ2v) is 17.9. The summed E-state index contributed by atoms with van der Waals surface area (Å²) in [4.78, 5) is 22.7. The highest BCUT2D eigenvalue weighted by Gasteiger charge is 2.26. The average molecular weight is 917 g/mol. The van der Waals surface area contributed by atoms with Crippen LogP contribution in [0.5, 0.6) is 0 Å². The number of allylic oxidation sites excluding steroid dienone is 16. The first kappa shape index (κ1) is 61.4. The molecule has 10 heteroatoms. The first-order chi connectivity index (χ1) is 31.3. The fourth-order valence-corrected chi connectivity index (χ4v) is 7.30. The molecule has 64 heavy (non-hydrogen) atoms. The zero-order chi connectivity index (χ0) is 46.7. The molecular formula is C54H93O9P. The summed E-state index contributed by atoms with van der Waals surface area (Å²) in [5.74, 6) is -0.400. The third-order valence-corrected chi connectivity index (χ3v) is 11.2. The van der Waals surface area contributed by atoms with E-state index in [4.69, 9.17) is 23.6 Å². The zero-order valence-corrected chi connectivity index (χ0v) is 41.4. The molecule has 0 amide bonds. The van der Waals surface area contributed by atoms with Gasteiger partial charge < -0.3 is 24.6 Å². The summed E-state index contributed by atoms with van der Waals surface area (Å²) in [6.07, 6.45) is 63.7. The fraction of sp³-hybridized carbons (Fsp3) is 0.685. The lowest BCUT2D eigenvalue weighted by Gasteiger charge is -2.20. The summed E-state index contributed by atoms with van der Waals surface area (Å²) < 4.78 is 33.5. The third kappa shape index (κ3) is 48.8. The van der Waals surface area contributed by atoms with Gasteiger partial charge in [-0.3, -0.25) is 13.8 Å². The number of carbonyl (C=O) groups excluding carboxylic acids is 1. The van der Waals surface area contributed by atoms with Crippen LogP contribution in [0.4, 0.5) is 0 Å². The Morgan fingerprint density at radius 1 is 0.484 bits per heavy atom. The minimum atomic E-state index is -4.54. The van der Waals surface area contributed by atoms with Gasteiger partial charge in [0.05, 0.1) is 26.4 Å². The molecule has 0 saturated heterocycles. The highest BCUT2D eigenvalue weighted by Crippen LogP contribution is 2.43. The smallest absolute Gasteiger partial charge is 0.457 e. The Kier molecular flexibility index (Phi) is 47.8. The van der Waals surface area contributed by atoms with Crippen molar-refractivity contribution in [1.82, 2.24) is 0 Å². The number of phosphoric acid groups is 1. The van der Waals surface area contributed by atoms with E-state index in [0.717, 1.165) is 109 Å². The molecule has 0 bridgehead atoms. The summed E-state index contributed by atoms with van der Waals surface area (Å²) in [6, 6.07) is 0. The Labute approximate surface area is 391 Å². The molecule has 0 heterocycles. The summed E-state index contributed by atoms with van der Waals surface area (Å²) >= 11 is 0. The lowest BCUT2D eigenvalue weighted by Crippen LogP contribution is -2.29.